The van der Waals surface area contributed by atoms with E-state index in [2.05, 4.69) is 4.98 Å². The van der Waals surface area contributed by atoms with E-state index in [4.69, 9.17) is 23.2 Å². The predicted molar refractivity (Wildman–Crippen MR) is 125 cm³/mol. The van der Waals surface area contributed by atoms with Crippen molar-refractivity contribution in [2.45, 2.75) is 19.8 Å². The van der Waals surface area contributed by atoms with Crippen molar-refractivity contribution >= 4 is 73.2 Å². The first-order valence-corrected chi connectivity index (χ1v) is 11.1. The fourth-order valence-electron chi connectivity index (χ4n) is 4.70. The van der Waals surface area contributed by atoms with Crippen LogP contribution in [0.25, 0.3) is 38.2 Å². The van der Waals surface area contributed by atoms with Gasteiger partial charge >= 0.3 is 0 Å². The van der Waals surface area contributed by atoms with E-state index in [1.54, 1.807) is 36.4 Å². The number of nitrogens with zero attached hydrogens (tertiary/aromatic N) is 3. The third kappa shape index (κ3) is 2.36. The number of hydrogen-bond acceptors (Lipinski definition) is 4. The Morgan fingerprint density at radius 2 is 1.53 bits per heavy atom. The van der Waals surface area contributed by atoms with Crippen LogP contribution in [-0.4, -0.2) is 32.6 Å². The second-order valence-corrected chi connectivity index (χ2v) is 8.83. The molecule has 0 aliphatic carbocycles. The first-order chi connectivity index (χ1) is 15.4. The molecule has 0 radical (unpaired) electrons. The third-order valence-electron chi connectivity index (χ3n) is 6.22. The van der Waals surface area contributed by atoms with Crippen molar-refractivity contribution < 1.29 is 9.59 Å². The van der Waals surface area contributed by atoms with Crippen molar-refractivity contribution in [2.75, 3.05) is 6.54 Å². The second-order valence-electron chi connectivity index (χ2n) is 8.02. The molecule has 6 rings (SSSR count). The number of imide groups is 1. The lowest BCUT2D eigenvalue weighted by molar-refractivity contribution is 0.0608. The topological polar surface area (TPSA) is 71.8 Å². The summed E-state index contributed by atoms with van der Waals surface area (Å²) in [6, 6.07) is 10.1. The van der Waals surface area contributed by atoms with Gasteiger partial charge in [0.25, 0.3) is 17.4 Å². The minimum atomic E-state index is -0.329. The summed E-state index contributed by atoms with van der Waals surface area (Å²) < 4.78 is 1.51. The minimum absolute atomic E-state index is 0.287. The van der Waals surface area contributed by atoms with Gasteiger partial charge in [-0.3, -0.25) is 23.7 Å². The molecule has 0 bridgehead atoms. The summed E-state index contributed by atoms with van der Waals surface area (Å²) in [7, 11) is 0. The second kappa shape index (κ2) is 6.64. The zero-order valence-electron chi connectivity index (χ0n) is 16.9. The van der Waals surface area contributed by atoms with Crippen molar-refractivity contribution in [1.82, 2.24) is 14.3 Å². The van der Waals surface area contributed by atoms with Gasteiger partial charge in [-0.15, -0.1) is 0 Å². The molecular formula is C24H15Cl2N3O3. The number of amides is 2. The van der Waals surface area contributed by atoms with E-state index >= 15 is 0 Å². The molecule has 0 unspecified atom stereocenters. The Balaban J connectivity index is 1.77. The molecule has 8 heteroatoms. The van der Waals surface area contributed by atoms with E-state index in [0.29, 0.717) is 65.9 Å². The first-order valence-electron chi connectivity index (χ1n) is 10.3. The first kappa shape index (κ1) is 19.5. The van der Waals surface area contributed by atoms with Gasteiger partial charge in [0.1, 0.15) is 5.65 Å². The van der Waals surface area contributed by atoms with Gasteiger partial charge in [0.05, 0.1) is 21.1 Å². The number of imidazole rings is 1. The average Bonchev–Trinajstić information content (AvgIpc) is 3.14. The van der Waals surface area contributed by atoms with Crippen molar-refractivity contribution in [3.05, 3.63) is 67.9 Å². The van der Waals surface area contributed by atoms with Crippen LogP contribution in [0.15, 0.2) is 41.2 Å². The van der Waals surface area contributed by atoms with Gasteiger partial charge in [-0.25, -0.2) is 4.98 Å². The maximum Gasteiger partial charge on any atom is 0.264 e. The summed E-state index contributed by atoms with van der Waals surface area (Å²) in [4.78, 5) is 45.8. The summed E-state index contributed by atoms with van der Waals surface area (Å²) in [5, 5.41) is 2.88. The lowest BCUT2D eigenvalue weighted by Crippen LogP contribution is -2.41. The Bertz CT molecular complexity index is 1680. The van der Waals surface area contributed by atoms with Gasteiger partial charge in [-0.2, -0.15) is 0 Å². The fraction of sp³-hybridized carbons (Fsp3) is 0.167. The number of carbonyl (C=O) groups is 2. The molecule has 1 aliphatic rings. The number of benzene rings is 3. The van der Waals surface area contributed by atoms with Gasteiger partial charge in [0.2, 0.25) is 0 Å². The van der Waals surface area contributed by atoms with Crippen LogP contribution < -0.4 is 5.56 Å². The van der Waals surface area contributed by atoms with E-state index < -0.39 is 0 Å². The number of fused-ring (bicyclic) bond motifs is 4. The van der Waals surface area contributed by atoms with Crippen LogP contribution in [0.4, 0.5) is 0 Å². The van der Waals surface area contributed by atoms with Gasteiger partial charge < -0.3 is 0 Å². The summed E-state index contributed by atoms with van der Waals surface area (Å²) in [6.07, 6.45) is 1.61. The largest absolute Gasteiger partial charge is 0.274 e. The van der Waals surface area contributed by atoms with Crippen LogP contribution in [-0.2, 0) is 0 Å². The minimum Gasteiger partial charge on any atom is -0.274 e. The fourth-order valence-corrected chi connectivity index (χ4v) is 5.01. The number of aromatic nitrogens is 2. The average molecular weight is 464 g/mol. The molecule has 158 valence electrons. The molecule has 5 aromatic rings. The van der Waals surface area contributed by atoms with E-state index in [0.717, 1.165) is 12.8 Å². The smallest absolute Gasteiger partial charge is 0.264 e. The van der Waals surface area contributed by atoms with E-state index in [-0.39, 0.29) is 17.4 Å². The van der Waals surface area contributed by atoms with Crippen LogP contribution >= 0.6 is 23.2 Å². The molecule has 0 saturated carbocycles. The molecule has 6 nitrogen and oxygen atoms in total. The highest BCUT2D eigenvalue weighted by atomic mass is 35.5. The van der Waals surface area contributed by atoms with Crippen LogP contribution in [0.1, 0.15) is 40.5 Å². The Hall–Kier alpha value is -3.22. The van der Waals surface area contributed by atoms with Gasteiger partial charge in [0, 0.05) is 39.2 Å². The summed E-state index contributed by atoms with van der Waals surface area (Å²) in [5.74, 6) is -0.658. The van der Waals surface area contributed by atoms with Crippen LogP contribution in [0.2, 0.25) is 10.0 Å². The molecule has 2 amide bonds. The number of rotatable bonds is 3. The molecule has 0 atom stereocenters. The molecular weight excluding hydrogens is 449 g/mol. The van der Waals surface area contributed by atoms with Gasteiger partial charge in [-0.1, -0.05) is 36.5 Å². The highest BCUT2D eigenvalue weighted by Gasteiger charge is 2.34. The van der Waals surface area contributed by atoms with Crippen LogP contribution in [0, 0.1) is 0 Å². The maximum absolute atomic E-state index is 13.5. The Morgan fingerprint density at radius 1 is 0.875 bits per heavy atom. The molecule has 3 heterocycles. The maximum atomic E-state index is 13.5. The Kier molecular flexibility index (Phi) is 4.04. The van der Waals surface area contributed by atoms with Crippen molar-refractivity contribution in [3.8, 4) is 0 Å². The van der Waals surface area contributed by atoms with E-state index in [1.807, 2.05) is 6.92 Å². The molecule has 0 fully saturated rings. The molecule has 2 aromatic heterocycles. The summed E-state index contributed by atoms with van der Waals surface area (Å²) >= 11 is 12.4. The highest BCUT2D eigenvalue weighted by molar-refractivity contribution is 6.42. The summed E-state index contributed by atoms with van der Waals surface area (Å²) in [5.41, 5.74) is 2.10. The molecule has 0 saturated heterocycles. The zero-order valence-corrected chi connectivity index (χ0v) is 18.4. The normalized spacial score (nSPS) is 14.0. The van der Waals surface area contributed by atoms with E-state index in [9.17, 15) is 14.4 Å². The monoisotopic (exact) mass is 463 g/mol. The molecule has 0 spiro atoms. The van der Waals surface area contributed by atoms with Gasteiger partial charge in [0.15, 0.2) is 0 Å². The molecule has 32 heavy (non-hydrogen) atoms. The predicted octanol–water partition coefficient (Wildman–Crippen LogP) is 5.29. The molecule has 3 aromatic carbocycles. The Labute approximate surface area is 191 Å². The number of carbonyl (C=O) groups excluding carboxylic acids is 2. The van der Waals surface area contributed by atoms with Crippen molar-refractivity contribution in [2.24, 2.45) is 0 Å². The zero-order chi connectivity index (χ0) is 22.3. The molecule has 1 aliphatic heterocycles. The number of halogens is 2. The highest BCUT2D eigenvalue weighted by Crippen LogP contribution is 2.38. The molecule has 0 N–H and O–H groups in total. The van der Waals surface area contributed by atoms with Crippen LogP contribution in [0.3, 0.4) is 0 Å². The number of hydrogen-bond donors (Lipinski definition) is 0. The third-order valence-corrected chi connectivity index (χ3v) is 6.94. The number of pyridine rings is 1. The van der Waals surface area contributed by atoms with Crippen molar-refractivity contribution in [1.29, 1.82) is 0 Å². The van der Waals surface area contributed by atoms with Gasteiger partial charge in [-0.05, 0) is 42.8 Å². The quantitative estimate of drug-likeness (QED) is 0.340. The summed E-state index contributed by atoms with van der Waals surface area (Å²) in [6.45, 7) is 2.38. The standard InChI is InChI=1S/C24H15Cl2N3O3/c1-2-3-8-28-22(30)12-5-4-11-19-14(7-6-13(20(12)19)23(28)31)24(32)29-18-10-16(26)15(25)9-17(18)27-21(11)29/h4-7,9-10H,2-3,8H2,1H3. The van der Waals surface area contributed by atoms with E-state index in [1.165, 1.54) is 9.30 Å². The lowest BCUT2D eigenvalue weighted by atomic mass is 9.90. The lowest BCUT2D eigenvalue weighted by Gasteiger charge is -2.27. The Morgan fingerprint density at radius 3 is 2.22 bits per heavy atom. The number of unbranched alkanes of at least 4 members (excludes halogenated alkanes) is 1. The van der Waals surface area contributed by atoms with Crippen molar-refractivity contribution in [3.63, 3.8) is 0 Å². The SMILES string of the molecule is CCCCN1C(=O)c2ccc3c(=O)n4c5cc(Cl)c(Cl)cc5nc4c4ccc(c2c34)C1=O. The van der Waals surface area contributed by atoms with Crippen LogP contribution in [0.5, 0.6) is 0 Å².